The number of hydrogen-bond acceptors (Lipinski definition) is 7. The molecule has 2 aromatic carbocycles. The van der Waals surface area contributed by atoms with Crippen molar-refractivity contribution in [2.24, 2.45) is 20.7 Å². The zero-order valence-corrected chi connectivity index (χ0v) is 13.9. The molecule has 8 heteroatoms. The van der Waals surface area contributed by atoms with Gasteiger partial charge in [0.05, 0.1) is 0 Å². The third-order valence-corrected chi connectivity index (χ3v) is 4.47. The van der Waals surface area contributed by atoms with Crippen LogP contribution in [0, 0.1) is 5.82 Å². The second kappa shape index (κ2) is 6.91. The highest BCUT2D eigenvalue weighted by Gasteiger charge is 2.16. The normalized spacial score (nSPS) is 16.4. The molecule has 0 spiro atoms. The van der Waals surface area contributed by atoms with E-state index in [0.29, 0.717) is 37.2 Å². The summed E-state index contributed by atoms with van der Waals surface area (Å²) in [5.74, 6) is 0.191. The third-order valence-electron chi connectivity index (χ3n) is 4.47. The fourth-order valence-corrected chi connectivity index (χ4v) is 3.02. The lowest BCUT2D eigenvalue weighted by Crippen LogP contribution is -2.48. The molecule has 2 aliphatic rings. The Morgan fingerprint density at radius 3 is 2.08 bits per heavy atom. The van der Waals surface area contributed by atoms with Gasteiger partial charge in [-0.1, -0.05) is 24.3 Å². The number of piperazine rings is 1. The van der Waals surface area contributed by atoms with Crippen LogP contribution in [0.2, 0.25) is 0 Å². The lowest BCUT2D eigenvalue weighted by atomic mass is 10.2. The summed E-state index contributed by atoms with van der Waals surface area (Å²) in [6.45, 7) is 2.68. The van der Waals surface area contributed by atoms with Crippen LogP contribution in [0.5, 0.6) is 0 Å². The Balaban J connectivity index is 1.49. The first-order valence-corrected chi connectivity index (χ1v) is 8.30. The maximum absolute atomic E-state index is 13.0. The molecule has 2 aromatic rings. The lowest BCUT2D eigenvalue weighted by molar-refractivity contribution is -0.272. The van der Waals surface area contributed by atoms with E-state index >= 15 is 0 Å². The van der Waals surface area contributed by atoms with E-state index in [1.165, 1.54) is 12.1 Å². The summed E-state index contributed by atoms with van der Waals surface area (Å²) in [7, 11) is 0. The average Bonchev–Trinajstić information content (AvgIpc) is 3.23. The molecular weight excluding hydrogens is 335 g/mol. The van der Waals surface area contributed by atoms with Crippen molar-refractivity contribution in [3.63, 3.8) is 0 Å². The molecule has 0 bridgehead atoms. The van der Waals surface area contributed by atoms with Gasteiger partial charge in [0.15, 0.2) is 0 Å². The largest absolute Gasteiger partial charge is 0.860 e. The number of nitrogens with zero attached hydrogens (tertiary/aromatic N) is 6. The van der Waals surface area contributed by atoms with Crippen LogP contribution in [0.4, 0.5) is 10.1 Å². The Morgan fingerprint density at radius 1 is 0.846 bits per heavy atom. The number of halogens is 1. The Morgan fingerprint density at radius 2 is 1.46 bits per heavy atom. The molecule has 0 radical (unpaired) electrons. The molecule has 0 N–H and O–H groups in total. The topological polar surface area (TPSA) is 79.0 Å². The summed E-state index contributed by atoms with van der Waals surface area (Å²) in [6.07, 6.45) is 0. The SMILES string of the molecule is [O-]C(=c1ccc(=C2N=NN=N2)cc1)N1CCN(c2ccc(F)cc2)CC1. The smallest absolute Gasteiger partial charge is 0.207 e. The first kappa shape index (κ1) is 16.2. The highest BCUT2D eigenvalue weighted by Crippen LogP contribution is 2.17. The van der Waals surface area contributed by atoms with Crippen molar-refractivity contribution in [1.82, 2.24) is 4.90 Å². The van der Waals surface area contributed by atoms with E-state index in [4.69, 9.17) is 0 Å². The van der Waals surface area contributed by atoms with Gasteiger partial charge in [0, 0.05) is 37.1 Å². The molecule has 0 amide bonds. The first-order chi connectivity index (χ1) is 12.7. The van der Waals surface area contributed by atoms with Crippen molar-refractivity contribution in [3.05, 3.63) is 64.8 Å². The summed E-state index contributed by atoms with van der Waals surface area (Å²) >= 11 is 0. The molecule has 0 saturated carbocycles. The Labute approximate surface area is 149 Å². The molecular formula is C18H16FN6O-. The van der Waals surface area contributed by atoms with Gasteiger partial charge in [0.2, 0.25) is 5.82 Å². The van der Waals surface area contributed by atoms with E-state index in [-0.39, 0.29) is 11.7 Å². The van der Waals surface area contributed by atoms with E-state index in [1.807, 2.05) is 4.90 Å². The van der Waals surface area contributed by atoms with Gasteiger partial charge in [-0.05, 0) is 45.8 Å². The highest BCUT2D eigenvalue weighted by atomic mass is 19.1. The summed E-state index contributed by atoms with van der Waals surface area (Å²) < 4.78 is 13.0. The quantitative estimate of drug-likeness (QED) is 0.809. The summed E-state index contributed by atoms with van der Waals surface area (Å²) in [6, 6.07) is 13.6. The number of rotatable bonds is 2. The monoisotopic (exact) mass is 351 g/mol. The second-order valence-electron chi connectivity index (χ2n) is 6.04. The predicted octanol–water partition coefficient (Wildman–Crippen LogP) is 0.973. The molecule has 1 saturated heterocycles. The van der Waals surface area contributed by atoms with Crippen molar-refractivity contribution in [2.75, 3.05) is 31.1 Å². The van der Waals surface area contributed by atoms with Crippen LogP contribution in [0.25, 0.3) is 11.7 Å². The van der Waals surface area contributed by atoms with E-state index < -0.39 is 0 Å². The Bertz CT molecular complexity index is 940. The van der Waals surface area contributed by atoms with E-state index in [1.54, 1.807) is 36.4 Å². The van der Waals surface area contributed by atoms with Gasteiger partial charge >= 0.3 is 0 Å². The molecule has 132 valence electrons. The van der Waals surface area contributed by atoms with Gasteiger partial charge < -0.3 is 14.9 Å². The van der Waals surface area contributed by atoms with Crippen molar-refractivity contribution in [2.45, 2.75) is 0 Å². The zero-order chi connectivity index (χ0) is 17.9. The standard InChI is InChI=1S/C18H17FN6O/c19-15-5-7-16(8-6-15)24-9-11-25(12-10-24)18(26)14-3-1-13(2-4-14)17-20-22-23-21-17/h1-8,26H,9-12H2/p-1. The van der Waals surface area contributed by atoms with Gasteiger partial charge in [0.1, 0.15) is 5.82 Å². The van der Waals surface area contributed by atoms with Crippen LogP contribution in [0.3, 0.4) is 0 Å². The van der Waals surface area contributed by atoms with Gasteiger partial charge in [-0.2, -0.15) is 0 Å². The maximum atomic E-state index is 13.0. The molecule has 0 aromatic heterocycles. The van der Waals surface area contributed by atoms with E-state index in [0.717, 1.165) is 10.9 Å². The molecule has 2 aliphatic heterocycles. The molecule has 0 unspecified atom stereocenters. The van der Waals surface area contributed by atoms with Gasteiger partial charge in [0.25, 0.3) is 0 Å². The van der Waals surface area contributed by atoms with Crippen LogP contribution >= 0.6 is 0 Å². The molecule has 1 fully saturated rings. The molecule has 0 atom stereocenters. The third kappa shape index (κ3) is 3.26. The number of hydrogen-bond donors (Lipinski definition) is 0. The molecule has 4 rings (SSSR count). The van der Waals surface area contributed by atoms with E-state index in [2.05, 4.69) is 25.6 Å². The fraction of sp³-hybridized carbons (Fsp3) is 0.222. The molecule has 26 heavy (non-hydrogen) atoms. The van der Waals surface area contributed by atoms with Gasteiger partial charge in [-0.15, -0.1) is 10.2 Å². The zero-order valence-electron chi connectivity index (χ0n) is 13.9. The van der Waals surface area contributed by atoms with E-state index in [9.17, 15) is 9.50 Å². The highest BCUT2D eigenvalue weighted by molar-refractivity contribution is 5.47. The van der Waals surface area contributed by atoms with Crippen LogP contribution < -0.4 is 20.4 Å². The fourth-order valence-electron chi connectivity index (χ4n) is 3.02. The minimum atomic E-state index is -0.246. The molecule has 7 nitrogen and oxygen atoms in total. The number of benzene rings is 2. The van der Waals surface area contributed by atoms with Gasteiger partial charge in [-0.25, -0.2) is 4.39 Å². The van der Waals surface area contributed by atoms with Crippen molar-refractivity contribution in [3.8, 4) is 0 Å². The first-order valence-electron chi connectivity index (χ1n) is 8.30. The van der Waals surface area contributed by atoms with Crippen LogP contribution in [-0.4, -0.2) is 31.1 Å². The summed E-state index contributed by atoms with van der Waals surface area (Å²) in [5.41, 5.74) is 0.972. The van der Waals surface area contributed by atoms with Crippen LogP contribution in [0.1, 0.15) is 0 Å². The van der Waals surface area contributed by atoms with Crippen LogP contribution in [0.15, 0.2) is 69.2 Å². The molecule has 0 aliphatic carbocycles. The predicted molar refractivity (Wildman–Crippen MR) is 92.4 cm³/mol. The Hall–Kier alpha value is -3.29. The molecule has 2 heterocycles. The maximum Gasteiger partial charge on any atom is 0.207 e. The lowest BCUT2D eigenvalue weighted by Gasteiger charge is -2.40. The van der Waals surface area contributed by atoms with Gasteiger partial charge in [-0.3, -0.25) is 0 Å². The Kier molecular flexibility index (Phi) is 4.30. The number of anilines is 1. The van der Waals surface area contributed by atoms with Crippen LogP contribution in [-0.2, 0) is 0 Å². The summed E-state index contributed by atoms with van der Waals surface area (Å²) in [5, 5.41) is 28.6. The second-order valence-corrected chi connectivity index (χ2v) is 6.04. The summed E-state index contributed by atoms with van der Waals surface area (Å²) in [4.78, 5) is 3.98. The average molecular weight is 351 g/mol. The minimum Gasteiger partial charge on any atom is -0.860 e. The van der Waals surface area contributed by atoms with Crippen molar-refractivity contribution >= 4 is 17.4 Å². The van der Waals surface area contributed by atoms with Crippen molar-refractivity contribution in [1.29, 1.82) is 0 Å². The van der Waals surface area contributed by atoms with Crippen molar-refractivity contribution < 1.29 is 9.50 Å². The minimum absolute atomic E-state index is 0.00465.